The van der Waals surface area contributed by atoms with Crippen molar-refractivity contribution < 1.29 is 18.3 Å². The van der Waals surface area contributed by atoms with Gasteiger partial charge in [-0.15, -0.1) is 0 Å². The van der Waals surface area contributed by atoms with E-state index < -0.39 is 27.5 Å². The van der Waals surface area contributed by atoms with E-state index in [4.69, 9.17) is 5.11 Å². The molecule has 1 rings (SSSR count). The van der Waals surface area contributed by atoms with Crippen molar-refractivity contribution in [1.82, 2.24) is 0 Å². The Morgan fingerprint density at radius 2 is 1.67 bits per heavy atom. The Kier molecular flexibility index (Phi) is 2.96. The number of benzene rings is 1. The van der Waals surface area contributed by atoms with Gasteiger partial charge in [0, 0.05) is 0 Å². The van der Waals surface area contributed by atoms with Crippen LogP contribution in [-0.4, -0.2) is 23.9 Å². The Hall–Kier alpha value is -0.840. The highest BCUT2D eigenvalue weighted by Crippen LogP contribution is 2.48. The molecule has 0 bridgehead atoms. The Bertz CT molecular complexity index is 366. The number of alkyl halides is 3. The minimum Gasteiger partial charge on any atom is -0.507 e. The number of phenolic OH excluding ortho intramolecular Hbond substituents is 1. The molecular weight excluding hydrogens is 225 g/mol. The van der Waals surface area contributed by atoms with E-state index in [9.17, 15) is 13.2 Å². The van der Waals surface area contributed by atoms with E-state index in [1.807, 2.05) is 18.8 Å². The van der Waals surface area contributed by atoms with Gasteiger partial charge < -0.3 is 5.11 Å². The van der Waals surface area contributed by atoms with Crippen LogP contribution in [0.5, 0.6) is 5.75 Å². The standard InChI is InChI=1S/C10H13F3OS/c1-15(2,3)7-4-5-9(14)8(6-7)10(11,12)13/h4-6,14H,1-3H3. The first-order valence-corrected chi connectivity index (χ1v) is 7.07. The number of hydrogen-bond acceptors (Lipinski definition) is 1. The van der Waals surface area contributed by atoms with Crippen molar-refractivity contribution in [2.45, 2.75) is 11.1 Å². The smallest absolute Gasteiger partial charge is 0.419 e. The van der Waals surface area contributed by atoms with Gasteiger partial charge in [-0.2, -0.15) is 13.2 Å². The van der Waals surface area contributed by atoms with Crippen molar-refractivity contribution in [1.29, 1.82) is 0 Å². The third kappa shape index (κ3) is 2.81. The first-order chi connectivity index (χ1) is 6.62. The molecule has 0 unspecified atom stereocenters. The zero-order chi connectivity index (χ0) is 11.9. The lowest BCUT2D eigenvalue weighted by Crippen LogP contribution is -2.06. The maximum Gasteiger partial charge on any atom is 0.419 e. The molecule has 0 radical (unpaired) electrons. The van der Waals surface area contributed by atoms with Gasteiger partial charge in [-0.3, -0.25) is 0 Å². The lowest BCUT2D eigenvalue weighted by molar-refractivity contribution is -0.138. The van der Waals surface area contributed by atoms with Crippen molar-refractivity contribution in [3.8, 4) is 5.75 Å². The summed E-state index contributed by atoms with van der Waals surface area (Å²) in [5.41, 5.74) is -0.956. The van der Waals surface area contributed by atoms with Crippen LogP contribution in [0.2, 0.25) is 0 Å². The lowest BCUT2D eigenvalue weighted by atomic mass is 10.2. The Morgan fingerprint density at radius 1 is 1.13 bits per heavy atom. The highest BCUT2D eigenvalue weighted by atomic mass is 32.3. The summed E-state index contributed by atoms with van der Waals surface area (Å²) in [5, 5.41) is 9.13. The predicted molar refractivity (Wildman–Crippen MR) is 56.7 cm³/mol. The van der Waals surface area contributed by atoms with Gasteiger partial charge >= 0.3 is 6.18 Å². The molecule has 0 spiro atoms. The highest BCUT2D eigenvalue weighted by molar-refractivity contribution is 8.32. The van der Waals surface area contributed by atoms with Crippen molar-refractivity contribution in [2.75, 3.05) is 18.8 Å². The Balaban J connectivity index is 3.30. The molecule has 15 heavy (non-hydrogen) atoms. The molecule has 1 aromatic rings. The predicted octanol–water partition coefficient (Wildman–Crippen LogP) is 3.46. The summed E-state index contributed by atoms with van der Waals surface area (Å²) >= 11 is 0. The molecule has 1 aromatic carbocycles. The molecule has 0 aromatic heterocycles. The molecule has 1 N–H and O–H groups in total. The van der Waals surface area contributed by atoms with Crippen molar-refractivity contribution >= 4 is 10.0 Å². The normalized spacial score (nSPS) is 14.0. The van der Waals surface area contributed by atoms with E-state index in [-0.39, 0.29) is 0 Å². The fourth-order valence-corrected chi connectivity index (χ4v) is 2.07. The summed E-state index contributed by atoms with van der Waals surface area (Å²) in [6.07, 6.45) is 1.21. The number of aromatic hydroxyl groups is 1. The molecule has 0 aliphatic carbocycles. The van der Waals surface area contributed by atoms with E-state index in [0.29, 0.717) is 4.90 Å². The number of halogens is 3. The average Bonchev–Trinajstić information content (AvgIpc) is 2.00. The molecule has 86 valence electrons. The molecular formula is C10H13F3OS. The van der Waals surface area contributed by atoms with Crippen LogP contribution in [-0.2, 0) is 6.18 Å². The van der Waals surface area contributed by atoms with Crippen LogP contribution in [0.3, 0.4) is 0 Å². The molecule has 0 aliphatic heterocycles. The van der Waals surface area contributed by atoms with Crippen molar-refractivity contribution in [3.05, 3.63) is 23.8 Å². The monoisotopic (exact) mass is 238 g/mol. The molecule has 0 saturated heterocycles. The first-order valence-electron chi connectivity index (χ1n) is 4.21. The van der Waals surface area contributed by atoms with Crippen LogP contribution in [0.25, 0.3) is 0 Å². The second-order valence-corrected chi connectivity index (χ2v) is 8.16. The second kappa shape index (κ2) is 3.63. The summed E-state index contributed by atoms with van der Waals surface area (Å²) in [6, 6.07) is 3.68. The van der Waals surface area contributed by atoms with E-state index in [1.165, 1.54) is 0 Å². The van der Waals surface area contributed by atoms with Gasteiger partial charge in [0.2, 0.25) is 0 Å². The molecule has 0 saturated carbocycles. The maximum absolute atomic E-state index is 12.5. The van der Waals surface area contributed by atoms with Crippen molar-refractivity contribution in [3.63, 3.8) is 0 Å². The number of hydrogen-bond donors (Lipinski definition) is 1. The van der Waals surface area contributed by atoms with Crippen LogP contribution < -0.4 is 0 Å². The minimum absolute atomic E-state index is 0.632. The van der Waals surface area contributed by atoms with Crippen molar-refractivity contribution in [2.24, 2.45) is 0 Å². The number of rotatable bonds is 1. The van der Waals surface area contributed by atoms with E-state index in [2.05, 4.69) is 0 Å². The molecule has 0 aliphatic rings. The van der Waals surface area contributed by atoms with Gasteiger partial charge in [-0.25, -0.2) is 10.0 Å². The molecule has 0 fully saturated rings. The maximum atomic E-state index is 12.5. The summed E-state index contributed by atoms with van der Waals surface area (Å²) in [6.45, 7) is 0. The fraction of sp³-hybridized carbons (Fsp3) is 0.400. The third-order valence-corrected chi connectivity index (χ3v) is 3.65. The summed E-state index contributed by atoms with van der Waals surface area (Å²) in [5.74, 6) is -0.713. The van der Waals surface area contributed by atoms with Gasteiger partial charge in [0.1, 0.15) is 5.75 Å². The third-order valence-electron chi connectivity index (χ3n) is 1.98. The largest absolute Gasteiger partial charge is 0.507 e. The Labute approximate surface area is 88.2 Å². The summed E-state index contributed by atoms with van der Waals surface area (Å²) in [4.78, 5) is 0.632. The topological polar surface area (TPSA) is 20.2 Å². The molecule has 0 atom stereocenters. The zero-order valence-corrected chi connectivity index (χ0v) is 9.54. The van der Waals surface area contributed by atoms with E-state index in [0.717, 1.165) is 12.1 Å². The van der Waals surface area contributed by atoms with Gasteiger partial charge in [0.25, 0.3) is 0 Å². The lowest BCUT2D eigenvalue weighted by Gasteiger charge is -2.26. The molecule has 0 heterocycles. The van der Waals surface area contributed by atoms with Crippen LogP contribution in [0.4, 0.5) is 13.2 Å². The molecule has 1 nitrogen and oxygen atoms in total. The summed E-state index contributed by atoms with van der Waals surface area (Å²) < 4.78 is 37.4. The summed E-state index contributed by atoms with van der Waals surface area (Å²) in [7, 11) is -1.21. The SMILES string of the molecule is CS(C)(C)c1ccc(O)c(C(F)(F)F)c1. The number of phenols is 1. The van der Waals surface area contributed by atoms with Gasteiger partial charge in [0.15, 0.2) is 0 Å². The minimum atomic E-state index is -4.50. The van der Waals surface area contributed by atoms with Gasteiger partial charge in [0.05, 0.1) is 5.56 Å². The van der Waals surface area contributed by atoms with Gasteiger partial charge in [-0.1, -0.05) is 0 Å². The highest BCUT2D eigenvalue weighted by Gasteiger charge is 2.34. The molecule has 0 amide bonds. The van der Waals surface area contributed by atoms with Crippen LogP contribution >= 0.6 is 10.0 Å². The zero-order valence-electron chi connectivity index (χ0n) is 8.72. The first kappa shape index (κ1) is 12.2. The van der Waals surface area contributed by atoms with Crippen LogP contribution in [0.15, 0.2) is 23.1 Å². The Morgan fingerprint density at radius 3 is 2.07 bits per heavy atom. The van der Waals surface area contributed by atoms with Crippen LogP contribution in [0, 0.1) is 0 Å². The van der Waals surface area contributed by atoms with Gasteiger partial charge in [-0.05, 0) is 41.9 Å². The average molecular weight is 238 g/mol. The molecule has 5 heteroatoms. The quantitative estimate of drug-likeness (QED) is 0.794. The fourth-order valence-electron chi connectivity index (χ4n) is 1.12. The van der Waals surface area contributed by atoms with E-state index in [1.54, 1.807) is 6.07 Å². The second-order valence-electron chi connectivity index (χ2n) is 4.01. The van der Waals surface area contributed by atoms with E-state index >= 15 is 0 Å². The van der Waals surface area contributed by atoms with Crippen LogP contribution in [0.1, 0.15) is 5.56 Å².